The Bertz CT molecular complexity index is 418. The van der Waals surface area contributed by atoms with Crippen LogP contribution in [0.5, 0.6) is 0 Å². The number of carbonyl (C=O) groups excluding carboxylic acids is 1. The van der Waals surface area contributed by atoms with Gasteiger partial charge in [-0.1, -0.05) is 11.6 Å². The Morgan fingerprint density at radius 1 is 1.62 bits per heavy atom. The summed E-state index contributed by atoms with van der Waals surface area (Å²) in [4.78, 5) is 13.9. The molecule has 3 heterocycles. The lowest BCUT2D eigenvalue weighted by Gasteiger charge is -2.46. The molecule has 2 aliphatic heterocycles. The number of halogens is 1. The molecule has 0 radical (unpaired) electrons. The van der Waals surface area contributed by atoms with Crippen molar-refractivity contribution in [2.24, 2.45) is 5.92 Å². The summed E-state index contributed by atoms with van der Waals surface area (Å²) in [6, 6.07) is 2.21. The van der Waals surface area contributed by atoms with Gasteiger partial charge in [-0.15, -0.1) is 0 Å². The van der Waals surface area contributed by atoms with Gasteiger partial charge in [-0.05, 0) is 12.5 Å². The molecule has 2 fully saturated rings. The zero-order valence-corrected chi connectivity index (χ0v) is 9.54. The number of furan rings is 1. The molecule has 2 saturated heterocycles. The maximum absolute atomic E-state index is 12.1. The largest absolute Gasteiger partial charge is 0.458 e. The minimum absolute atomic E-state index is 0.0830. The first-order valence-corrected chi connectivity index (χ1v) is 5.89. The fourth-order valence-corrected chi connectivity index (χ4v) is 2.60. The summed E-state index contributed by atoms with van der Waals surface area (Å²) in [6.07, 6.45) is 2.47. The summed E-state index contributed by atoms with van der Waals surface area (Å²) < 4.78 is 5.12. The van der Waals surface area contributed by atoms with Gasteiger partial charge in [-0.3, -0.25) is 4.79 Å². The van der Waals surface area contributed by atoms with Crippen LogP contribution in [0.4, 0.5) is 0 Å². The Morgan fingerprint density at radius 2 is 2.50 bits per heavy atom. The van der Waals surface area contributed by atoms with Gasteiger partial charge in [0.2, 0.25) is 5.76 Å². The normalized spacial score (nSPS) is 28.4. The van der Waals surface area contributed by atoms with Crippen molar-refractivity contribution in [3.8, 4) is 0 Å². The van der Waals surface area contributed by atoms with Crippen LogP contribution in [0.2, 0.25) is 5.02 Å². The molecule has 1 aromatic rings. The van der Waals surface area contributed by atoms with Crippen molar-refractivity contribution >= 4 is 17.5 Å². The number of hydrogen-bond donors (Lipinski definition) is 1. The van der Waals surface area contributed by atoms with Crippen molar-refractivity contribution in [2.45, 2.75) is 12.5 Å². The number of amides is 1. The van der Waals surface area contributed by atoms with Crippen molar-refractivity contribution < 1.29 is 9.21 Å². The Balaban J connectivity index is 1.73. The van der Waals surface area contributed by atoms with Crippen LogP contribution in [-0.2, 0) is 0 Å². The van der Waals surface area contributed by atoms with E-state index in [1.54, 1.807) is 6.07 Å². The lowest BCUT2D eigenvalue weighted by atomic mass is 9.85. The first kappa shape index (κ1) is 10.2. The molecule has 86 valence electrons. The Labute approximate surface area is 98.5 Å². The standard InChI is InChI=1S/C11H13ClN2O2/c12-8-2-4-16-10(8)11(15)14-3-1-9-7(6-14)5-13-9/h2,4,7,9,13H,1,3,5-6H2. The van der Waals surface area contributed by atoms with E-state index in [0.29, 0.717) is 17.0 Å². The molecule has 2 atom stereocenters. The molecule has 0 aliphatic carbocycles. The summed E-state index contributed by atoms with van der Waals surface area (Å²) in [6.45, 7) is 2.61. The number of piperidine rings is 1. The van der Waals surface area contributed by atoms with Crippen molar-refractivity contribution in [1.29, 1.82) is 0 Å². The summed E-state index contributed by atoms with van der Waals surface area (Å²) >= 11 is 5.88. The minimum Gasteiger partial charge on any atom is -0.458 e. The minimum atomic E-state index is -0.0830. The third-order valence-corrected chi connectivity index (χ3v) is 3.77. The molecule has 16 heavy (non-hydrogen) atoms. The van der Waals surface area contributed by atoms with Crippen LogP contribution in [0, 0.1) is 5.92 Å². The fraction of sp³-hybridized carbons (Fsp3) is 0.545. The highest BCUT2D eigenvalue weighted by Gasteiger charge is 2.38. The van der Waals surface area contributed by atoms with Crippen LogP contribution in [0.15, 0.2) is 16.7 Å². The summed E-state index contributed by atoms with van der Waals surface area (Å²) in [7, 11) is 0. The van der Waals surface area contributed by atoms with Gasteiger partial charge in [0.1, 0.15) is 0 Å². The van der Waals surface area contributed by atoms with Crippen LogP contribution in [0.25, 0.3) is 0 Å². The summed E-state index contributed by atoms with van der Waals surface area (Å²) in [5.74, 6) is 0.791. The van der Waals surface area contributed by atoms with E-state index in [-0.39, 0.29) is 11.7 Å². The number of nitrogens with one attached hydrogen (secondary N) is 1. The Kier molecular flexibility index (Phi) is 2.41. The summed E-state index contributed by atoms with van der Waals surface area (Å²) in [5.41, 5.74) is 0. The van der Waals surface area contributed by atoms with Crippen LogP contribution < -0.4 is 5.32 Å². The smallest absolute Gasteiger partial charge is 0.291 e. The van der Waals surface area contributed by atoms with E-state index in [0.717, 1.165) is 26.1 Å². The van der Waals surface area contributed by atoms with E-state index in [1.807, 2.05) is 4.90 Å². The molecule has 3 rings (SSSR count). The van der Waals surface area contributed by atoms with E-state index in [1.165, 1.54) is 6.26 Å². The molecule has 1 amide bonds. The molecular weight excluding hydrogens is 228 g/mol. The second kappa shape index (κ2) is 3.79. The fourth-order valence-electron chi connectivity index (χ4n) is 2.42. The highest BCUT2D eigenvalue weighted by molar-refractivity contribution is 6.33. The number of fused-ring (bicyclic) bond motifs is 1. The zero-order chi connectivity index (χ0) is 11.1. The summed E-state index contributed by atoms with van der Waals surface area (Å²) in [5, 5.41) is 3.77. The van der Waals surface area contributed by atoms with Gasteiger partial charge in [0, 0.05) is 31.6 Å². The van der Waals surface area contributed by atoms with E-state index in [4.69, 9.17) is 16.0 Å². The molecule has 0 bridgehead atoms. The highest BCUT2D eigenvalue weighted by atomic mass is 35.5. The molecule has 0 aromatic carbocycles. The third-order valence-electron chi connectivity index (χ3n) is 3.47. The van der Waals surface area contributed by atoms with E-state index < -0.39 is 0 Å². The van der Waals surface area contributed by atoms with Gasteiger partial charge in [-0.2, -0.15) is 0 Å². The average Bonchev–Trinajstić information content (AvgIpc) is 2.65. The van der Waals surface area contributed by atoms with Crippen LogP contribution in [0.1, 0.15) is 17.0 Å². The van der Waals surface area contributed by atoms with Crippen molar-refractivity contribution in [3.05, 3.63) is 23.1 Å². The van der Waals surface area contributed by atoms with E-state index >= 15 is 0 Å². The molecule has 0 spiro atoms. The average molecular weight is 241 g/mol. The second-order valence-corrected chi connectivity index (χ2v) is 4.82. The topological polar surface area (TPSA) is 45.5 Å². The van der Waals surface area contributed by atoms with Gasteiger partial charge in [0.25, 0.3) is 5.91 Å². The number of nitrogens with zero attached hydrogens (tertiary/aromatic N) is 1. The molecule has 2 unspecified atom stereocenters. The van der Waals surface area contributed by atoms with Crippen molar-refractivity contribution in [1.82, 2.24) is 10.2 Å². The van der Waals surface area contributed by atoms with E-state index in [9.17, 15) is 4.79 Å². The molecule has 1 aromatic heterocycles. The Morgan fingerprint density at radius 3 is 3.06 bits per heavy atom. The van der Waals surface area contributed by atoms with Crippen LogP contribution in [0.3, 0.4) is 0 Å². The molecular formula is C11H13ClN2O2. The number of hydrogen-bond acceptors (Lipinski definition) is 3. The zero-order valence-electron chi connectivity index (χ0n) is 8.78. The maximum Gasteiger partial charge on any atom is 0.291 e. The molecule has 0 saturated carbocycles. The van der Waals surface area contributed by atoms with Gasteiger partial charge in [0.05, 0.1) is 11.3 Å². The molecule has 4 nitrogen and oxygen atoms in total. The van der Waals surface area contributed by atoms with Gasteiger partial charge in [-0.25, -0.2) is 0 Å². The van der Waals surface area contributed by atoms with Gasteiger partial charge in [0.15, 0.2) is 0 Å². The SMILES string of the molecule is O=C(c1occc1Cl)N1CCC2NCC2C1. The van der Waals surface area contributed by atoms with Crippen LogP contribution in [-0.4, -0.2) is 36.5 Å². The predicted molar refractivity (Wildman–Crippen MR) is 59.5 cm³/mol. The van der Waals surface area contributed by atoms with Gasteiger partial charge < -0.3 is 14.6 Å². The lowest BCUT2D eigenvalue weighted by molar-refractivity contribution is 0.0481. The predicted octanol–water partition coefficient (Wildman–Crippen LogP) is 1.37. The maximum atomic E-state index is 12.1. The van der Waals surface area contributed by atoms with Gasteiger partial charge >= 0.3 is 0 Å². The van der Waals surface area contributed by atoms with E-state index in [2.05, 4.69) is 5.32 Å². The molecule has 2 aliphatic rings. The molecule has 1 N–H and O–H groups in total. The highest BCUT2D eigenvalue weighted by Crippen LogP contribution is 2.26. The second-order valence-electron chi connectivity index (χ2n) is 4.41. The Hall–Kier alpha value is -1.00. The third kappa shape index (κ3) is 1.53. The monoisotopic (exact) mass is 240 g/mol. The number of likely N-dealkylation sites (tertiary alicyclic amines) is 1. The van der Waals surface area contributed by atoms with Crippen molar-refractivity contribution in [3.63, 3.8) is 0 Å². The first-order chi connectivity index (χ1) is 7.75. The quantitative estimate of drug-likeness (QED) is 0.807. The first-order valence-electron chi connectivity index (χ1n) is 5.51. The molecule has 5 heteroatoms. The lowest BCUT2D eigenvalue weighted by Crippen LogP contribution is -2.62. The van der Waals surface area contributed by atoms with Crippen molar-refractivity contribution in [2.75, 3.05) is 19.6 Å². The number of carbonyl (C=O) groups is 1. The number of rotatable bonds is 1. The van der Waals surface area contributed by atoms with Crippen LogP contribution >= 0.6 is 11.6 Å².